The molecule has 0 spiro atoms. The monoisotopic (exact) mass is 441 g/mol. The van der Waals surface area contributed by atoms with Crippen molar-refractivity contribution in [2.75, 3.05) is 0 Å². The van der Waals surface area contributed by atoms with Gasteiger partial charge in [-0.2, -0.15) is 0 Å². The average molecular weight is 441 g/mol. The summed E-state index contributed by atoms with van der Waals surface area (Å²) in [5, 5.41) is 3.01. The second kappa shape index (κ2) is 7.77. The second-order valence-corrected chi connectivity index (χ2v) is 11.3. The number of imidazole rings is 1. The Morgan fingerprint density at radius 1 is 1.22 bits per heavy atom. The predicted octanol–water partition coefficient (Wildman–Crippen LogP) is 3.95. The molecule has 1 saturated carbocycles. The van der Waals surface area contributed by atoms with Crippen molar-refractivity contribution in [2.24, 2.45) is 11.8 Å². The number of carbonyl (C=O) groups excluding carboxylic acids is 1. The summed E-state index contributed by atoms with van der Waals surface area (Å²) < 4.78 is 17.7. The van der Waals surface area contributed by atoms with E-state index in [4.69, 9.17) is 19.0 Å². The molecule has 2 aromatic rings. The van der Waals surface area contributed by atoms with Crippen LogP contribution in [0.4, 0.5) is 4.79 Å². The zero-order valence-electron chi connectivity index (χ0n) is 20.5. The molecular formula is C24H36BN3O4. The van der Waals surface area contributed by atoms with Crippen molar-refractivity contribution in [3.8, 4) is 0 Å². The van der Waals surface area contributed by atoms with Crippen molar-refractivity contribution in [2.45, 2.75) is 91.1 Å². The maximum Gasteiger partial charge on any atom is 0.494 e. The van der Waals surface area contributed by atoms with Crippen molar-refractivity contribution in [3.63, 3.8) is 0 Å². The smallest absolute Gasteiger partial charge is 0.444 e. The number of nitrogens with one attached hydrogen (secondary N) is 2. The van der Waals surface area contributed by atoms with E-state index in [1.807, 2.05) is 32.9 Å². The van der Waals surface area contributed by atoms with Gasteiger partial charge in [0.05, 0.1) is 22.2 Å². The first-order valence-corrected chi connectivity index (χ1v) is 11.6. The first-order valence-electron chi connectivity index (χ1n) is 11.6. The first kappa shape index (κ1) is 23.1. The minimum atomic E-state index is -0.481. The van der Waals surface area contributed by atoms with Gasteiger partial charge in [-0.05, 0) is 84.3 Å². The highest BCUT2D eigenvalue weighted by Gasteiger charge is 2.52. The third kappa shape index (κ3) is 4.67. The molecule has 7 nitrogen and oxygen atoms in total. The van der Waals surface area contributed by atoms with Gasteiger partial charge < -0.3 is 24.3 Å². The summed E-state index contributed by atoms with van der Waals surface area (Å²) in [6, 6.07) is 6.28. The van der Waals surface area contributed by atoms with Gasteiger partial charge in [-0.1, -0.05) is 13.0 Å². The predicted molar refractivity (Wildman–Crippen MR) is 126 cm³/mol. The summed E-state index contributed by atoms with van der Waals surface area (Å²) in [6.07, 6.45) is 1.46. The summed E-state index contributed by atoms with van der Waals surface area (Å²) in [6.45, 7) is 16.0. The normalized spacial score (nSPS) is 26.4. The number of amides is 1. The summed E-state index contributed by atoms with van der Waals surface area (Å²) in [5.41, 5.74) is 1.70. The summed E-state index contributed by atoms with van der Waals surface area (Å²) in [7, 11) is -0.386. The molecule has 2 heterocycles. The fourth-order valence-corrected chi connectivity index (χ4v) is 4.30. The number of aromatic nitrogens is 2. The lowest BCUT2D eigenvalue weighted by atomic mass is 9.79. The number of hydrogen-bond acceptors (Lipinski definition) is 5. The van der Waals surface area contributed by atoms with E-state index in [0.717, 1.165) is 35.2 Å². The number of ether oxygens (including phenoxy) is 1. The lowest BCUT2D eigenvalue weighted by Crippen LogP contribution is -2.41. The largest absolute Gasteiger partial charge is 0.494 e. The molecule has 2 aliphatic rings. The molecule has 1 aromatic carbocycles. The molecule has 1 amide bonds. The van der Waals surface area contributed by atoms with Gasteiger partial charge in [0.2, 0.25) is 0 Å². The highest BCUT2D eigenvalue weighted by Crippen LogP contribution is 2.42. The van der Waals surface area contributed by atoms with Crippen LogP contribution in [0.5, 0.6) is 0 Å². The molecule has 1 aliphatic carbocycles. The van der Waals surface area contributed by atoms with Gasteiger partial charge in [-0.15, -0.1) is 0 Å². The topological polar surface area (TPSA) is 85.5 Å². The number of aromatic amines is 1. The van der Waals surface area contributed by atoms with Crippen molar-refractivity contribution in [3.05, 3.63) is 24.0 Å². The highest BCUT2D eigenvalue weighted by molar-refractivity contribution is 6.62. The Balaban J connectivity index is 1.36. The zero-order valence-corrected chi connectivity index (χ0v) is 20.5. The van der Waals surface area contributed by atoms with E-state index < -0.39 is 5.60 Å². The number of benzene rings is 1. The van der Waals surface area contributed by atoms with Crippen LogP contribution in [0.3, 0.4) is 0 Å². The first-order chi connectivity index (χ1) is 14.8. The molecule has 8 heteroatoms. The summed E-state index contributed by atoms with van der Waals surface area (Å²) >= 11 is 0. The molecule has 0 unspecified atom stereocenters. The fraction of sp³-hybridized carbons (Fsp3) is 0.667. The SMILES string of the molecule is C[C@@H]1[C@H](CCc2nc3ccc(B4OC(C)(C)C(C)(C)O4)cc3[nH]2)[C@@H]1NC(=O)OC(C)(C)C. The number of alkyl carbamates (subject to hydrolysis) is 1. The number of nitrogens with zero attached hydrogens (tertiary/aromatic N) is 1. The van der Waals surface area contributed by atoms with Crippen molar-refractivity contribution in [1.82, 2.24) is 15.3 Å². The molecule has 1 aliphatic heterocycles. The third-order valence-electron chi connectivity index (χ3n) is 7.04. The Morgan fingerprint density at radius 3 is 2.50 bits per heavy atom. The van der Waals surface area contributed by atoms with Crippen LogP contribution in [0.25, 0.3) is 11.0 Å². The van der Waals surface area contributed by atoms with E-state index in [-0.39, 0.29) is 30.5 Å². The van der Waals surface area contributed by atoms with Crippen LogP contribution in [0.15, 0.2) is 18.2 Å². The molecule has 2 N–H and O–H groups in total. The Kier molecular flexibility index (Phi) is 5.61. The van der Waals surface area contributed by atoms with Gasteiger partial charge in [0.15, 0.2) is 0 Å². The molecule has 1 aromatic heterocycles. The van der Waals surface area contributed by atoms with Crippen LogP contribution < -0.4 is 10.8 Å². The molecule has 32 heavy (non-hydrogen) atoms. The maximum absolute atomic E-state index is 12.0. The number of hydrogen-bond donors (Lipinski definition) is 2. The number of aryl methyl sites for hydroxylation is 1. The highest BCUT2D eigenvalue weighted by atomic mass is 16.7. The van der Waals surface area contributed by atoms with E-state index in [2.05, 4.69) is 51.0 Å². The van der Waals surface area contributed by atoms with E-state index in [9.17, 15) is 4.79 Å². The number of H-pyrrole nitrogens is 1. The molecule has 0 bridgehead atoms. The molecule has 174 valence electrons. The van der Waals surface area contributed by atoms with E-state index in [1.54, 1.807) is 0 Å². The molecule has 0 radical (unpaired) electrons. The Hall–Kier alpha value is -2.06. The summed E-state index contributed by atoms with van der Waals surface area (Å²) in [5.74, 6) is 1.85. The second-order valence-electron chi connectivity index (χ2n) is 11.3. The van der Waals surface area contributed by atoms with Crippen LogP contribution >= 0.6 is 0 Å². The molecule has 2 fully saturated rings. The van der Waals surface area contributed by atoms with E-state index in [0.29, 0.717) is 11.8 Å². The molecule has 3 atom stereocenters. The number of rotatable bonds is 5. The number of carbonyl (C=O) groups is 1. The lowest BCUT2D eigenvalue weighted by Gasteiger charge is -2.32. The van der Waals surface area contributed by atoms with Crippen molar-refractivity contribution in [1.29, 1.82) is 0 Å². The van der Waals surface area contributed by atoms with Gasteiger partial charge in [-0.3, -0.25) is 0 Å². The van der Waals surface area contributed by atoms with E-state index >= 15 is 0 Å². The van der Waals surface area contributed by atoms with Crippen LogP contribution in [0.1, 0.15) is 67.6 Å². The molecular weight excluding hydrogens is 405 g/mol. The minimum absolute atomic E-state index is 0.171. The minimum Gasteiger partial charge on any atom is -0.444 e. The third-order valence-corrected chi connectivity index (χ3v) is 7.04. The number of fused-ring (bicyclic) bond motifs is 1. The average Bonchev–Trinajstić information content (AvgIpc) is 2.97. The van der Waals surface area contributed by atoms with Gasteiger partial charge in [0, 0.05) is 12.5 Å². The van der Waals surface area contributed by atoms with Gasteiger partial charge in [-0.25, -0.2) is 9.78 Å². The van der Waals surface area contributed by atoms with Crippen LogP contribution in [-0.4, -0.2) is 46.0 Å². The van der Waals surface area contributed by atoms with Gasteiger partial charge in [0.25, 0.3) is 0 Å². The standard InChI is InChI=1S/C24H36BN3O4/c1-14-16(20(14)28-21(29)30-22(2,3)4)10-12-19-26-17-11-9-15(13-18(17)27-19)25-31-23(5,6)24(7,8)32-25/h9,11,13-14,16,20H,10,12H2,1-8H3,(H,26,27)(H,28,29)/t14-,16+,20-/m1/s1. The van der Waals surface area contributed by atoms with E-state index in [1.165, 1.54) is 0 Å². The van der Waals surface area contributed by atoms with Crippen LogP contribution in [-0.2, 0) is 20.5 Å². The molecule has 4 rings (SSSR count). The Labute approximate surface area is 191 Å². The Bertz CT molecular complexity index is 994. The van der Waals surface area contributed by atoms with Crippen molar-refractivity contribution < 1.29 is 18.8 Å². The Morgan fingerprint density at radius 2 is 1.88 bits per heavy atom. The lowest BCUT2D eigenvalue weighted by molar-refractivity contribution is 0.00578. The van der Waals surface area contributed by atoms with Crippen LogP contribution in [0.2, 0.25) is 0 Å². The van der Waals surface area contributed by atoms with Crippen LogP contribution in [0, 0.1) is 11.8 Å². The molecule has 1 saturated heterocycles. The van der Waals surface area contributed by atoms with Crippen molar-refractivity contribution >= 4 is 29.7 Å². The summed E-state index contributed by atoms with van der Waals surface area (Å²) in [4.78, 5) is 20.2. The quantitative estimate of drug-likeness (QED) is 0.687. The van der Waals surface area contributed by atoms with Gasteiger partial charge in [0.1, 0.15) is 11.4 Å². The fourth-order valence-electron chi connectivity index (χ4n) is 4.30. The van der Waals surface area contributed by atoms with Gasteiger partial charge >= 0.3 is 13.2 Å². The zero-order chi connectivity index (χ0) is 23.5. The maximum atomic E-state index is 12.0.